The Morgan fingerprint density at radius 2 is 1.67 bits per heavy atom. The first kappa shape index (κ1) is 20.2. The summed E-state index contributed by atoms with van der Waals surface area (Å²) in [6, 6.07) is 20.9. The Morgan fingerprint density at radius 1 is 0.967 bits per heavy atom. The van der Waals surface area contributed by atoms with Crippen LogP contribution in [0.4, 0.5) is 8.78 Å². The number of carboxylic acid groups (broad SMARTS) is 1. The number of nitrogens with zero attached hydrogens (tertiary/aromatic N) is 1. The lowest BCUT2D eigenvalue weighted by molar-refractivity contribution is -0.143. The Morgan fingerprint density at radius 3 is 2.33 bits per heavy atom. The minimum atomic E-state index is -0.836. The molecular weight excluding hydrogens is 384 g/mol. The van der Waals surface area contributed by atoms with Crippen LogP contribution in [0.3, 0.4) is 0 Å². The number of rotatable bonds is 5. The van der Waals surface area contributed by atoms with Gasteiger partial charge in [-0.2, -0.15) is 0 Å². The highest BCUT2D eigenvalue weighted by atomic mass is 19.1. The van der Waals surface area contributed by atoms with E-state index in [1.54, 1.807) is 0 Å². The molecule has 1 fully saturated rings. The van der Waals surface area contributed by atoms with Crippen molar-refractivity contribution in [1.29, 1.82) is 0 Å². The summed E-state index contributed by atoms with van der Waals surface area (Å²) >= 11 is 0. The lowest BCUT2D eigenvalue weighted by Crippen LogP contribution is -2.41. The highest BCUT2D eigenvalue weighted by Gasteiger charge is 2.32. The van der Waals surface area contributed by atoms with Gasteiger partial charge in [0, 0.05) is 18.2 Å². The molecule has 1 N–H and O–H groups in total. The fraction of sp³-hybridized carbons (Fsp3) is 0.240. The molecule has 3 aromatic carbocycles. The maximum Gasteiger partial charge on any atom is 0.307 e. The number of hydrogen-bond donors (Lipinski definition) is 1. The van der Waals surface area contributed by atoms with Crippen molar-refractivity contribution in [3.05, 3.63) is 95.6 Å². The van der Waals surface area contributed by atoms with Crippen LogP contribution in [0.5, 0.6) is 0 Å². The maximum absolute atomic E-state index is 14.8. The molecule has 1 heterocycles. The standard InChI is InChI=1S/C25H23F2NO2/c26-21-12-13-22(23(27)15-21)24(28-14-4-7-20(16-28)25(29)30)19-10-8-18(9-11-19)17-5-2-1-3-6-17/h1-3,5-6,8-13,15,20,24H,4,7,14,16H2,(H,29,30). The van der Waals surface area contributed by atoms with Crippen LogP contribution in [0.2, 0.25) is 0 Å². The maximum atomic E-state index is 14.8. The first-order valence-electron chi connectivity index (χ1n) is 10.1. The summed E-state index contributed by atoms with van der Waals surface area (Å²) in [5.74, 6) is -2.58. The number of piperidine rings is 1. The quantitative estimate of drug-likeness (QED) is 0.606. The van der Waals surface area contributed by atoms with E-state index in [2.05, 4.69) is 0 Å². The van der Waals surface area contributed by atoms with Crippen LogP contribution in [0.1, 0.15) is 30.0 Å². The molecule has 4 rings (SSSR count). The first-order valence-corrected chi connectivity index (χ1v) is 10.1. The number of carboxylic acids is 1. The Kier molecular flexibility index (Phi) is 5.91. The van der Waals surface area contributed by atoms with Gasteiger partial charge in [0.1, 0.15) is 11.6 Å². The van der Waals surface area contributed by atoms with E-state index in [1.807, 2.05) is 59.5 Å². The van der Waals surface area contributed by atoms with Crippen molar-refractivity contribution < 1.29 is 18.7 Å². The number of benzene rings is 3. The molecule has 0 bridgehead atoms. The topological polar surface area (TPSA) is 40.5 Å². The van der Waals surface area contributed by atoms with Gasteiger partial charge in [0.2, 0.25) is 0 Å². The second-order valence-electron chi connectivity index (χ2n) is 7.73. The molecule has 3 nitrogen and oxygen atoms in total. The number of aliphatic carboxylic acids is 1. The summed E-state index contributed by atoms with van der Waals surface area (Å²) < 4.78 is 28.3. The monoisotopic (exact) mass is 407 g/mol. The van der Waals surface area contributed by atoms with Crippen LogP contribution < -0.4 is 0 Å². The largest absolute Gasteiger partial charge is 0.481 e. The molecule has 0 aromatic heterocycles. The number of carbonyl (C=O) groups is 1. The zero-order chi connectivity index (χ0) is 21.1. The molecule has 2 unspecified atom stereocenters. The summed E-state index contributed by atoms with van der Waals surface area (Å²) in [6.07, 6.45) is 1.33. The van der Waals surface area contributed by atoms with E-state index in [9.17, 15) is 18.7 Å². The summed E-state index contributed by atoms with van der Waals surface area (Å²) in [4.78, 5) is 13.6. The Hall–Kier alpha value is -3.05. The van der Waals surface area contributed by atoms with Gasteiger partial charge in [-0.05, 0) is 42.1 Å². The highest BCUT2D eigenvalue weighted by molar-refractivity contribution is 5.70. The van der Waals surface area contributed by atoms with Crippen molar-refractivity contribution in [3.8, 4) is 11.1 Å². The molecule has 1 aliphatic rings. The fourth-order valence-corrected chi connectivity index (χ4v) is 4.24. The van der Waals surface area contributed by atoms with Crippen molar-refractivity contribution in [2.75, 3.05) is 13.1 Å². The van der Waals surface area contributed by atoms with Gasteiger partial charge in [-0.15, -0.1) is 0 Å². The average Bonchev–Trinajstić information content (AvgIpc) is 2.77. The molecule has 0 saturated carbocycles. The molecule has 1 saturated heterocycles. The number of likely N-dealkylation sites (tertiary alicyclic amines) is 1. The predicted molar refractivity (Wildman–Crippen MR) is 112 cm³/mol. The molecule has 0 amide bonds. The summed E-state index contributed by atoms with van der Waals surface area (Å²) in [6.45, 7) is 0.989. The molecule has 0 radical (unpaired) electrons. The SMILES string of the molecule is O=C(O)C1CCCN(C(c2ccc(-c3ccccc3)cc2)c2ccc(F)cc2F)C1. The van der Waals surface area contributed by atoms with Crippen LogP contribution in [0, 0.1) is 17.6 Å². The Bertz CT molecular complexity index is 1020. The molecule has 0 spiro atoms. The molecule has 5 heteroatoms. The third-order valence-corrected chi connectivity index (χ3v) is 5.76. The average molecular weight is 407 g/mol. The van der Waals surface area contributed by atoms with Crippen molar-refractivity contribution in [3.63, 3.8) is 0 Å². The summed E-state index contributed by atoms with van der Waals surface area (Å²) in [7, 11) is 0. The van der Waals surface area contributed by atoms with E-state index in [0.717, 1.165) is 29.2 Å². The van der Waals surface area contributed by atoms with Crippen molar-refractivity contribution >= 4 is 5.97 Å². The summed E-state index contributed by atoms with van der Waals surface area (Å²) in [5, 5.41) is 9.48. The minimum Gasteiger partial charge on any atom is -0.481 e. The number of halogens is 2. The Labute approximate surface area is 174 Å². The van der Waals surface area contributed by atoms with Gasteiger partial charge in [-0.3, -0.25) is 9.69 Å². The molecular formula is C25H23F2NO2. The van der Waals surface area contributed by atoms with E-state index in [-0.39, 0.29) is 0 Å². The molecule has 30 heavy (non-hydrogen) atoms. The minimum absolute atomic E-state index is 0.331. The van der Waals surface area contributed by atoms with E-state index in [4.69, 9.17) is 0 Å². The predicted octanol–water partition coefficient (Wildman–Crippen LogP) is 5.52. The van der Waals surface area contributed by atoms with E-state index in [1.165, 1.54) is 12.1 Å². The smallest absolute Gasteiger partial charge is 0.307 e. The molecule has 1 aliphatic heterocycles. The highest BCUT2D eigenvalue weighted by Crippen LogP contribution is 2.35. The van der Waals surface area contributed by atoms with E-state index >= 15 is 0 Å². The van der Waals surface area contributed by atoms with Crippen LogP contribution in [-0.2, 0) is 4.79 Å². The van der Waals surface area contributed by atoms with Gasteiger partial charge in [0.25, 0.3) is 0 Å². The van der Waals surface area contributed by atoms with Crippen LogP contribution in [0.15, 0.2) is 72.8 Å². The van der Waals surface area contributed by atoms with Crippen LogP contribution in [0.25, 0.3) is 11.1 Å². The van der Waals surface area contributed by atoms with Crippen molar-refractivity contribution in [2.45, 2.75) is 18.9 Å². The molecule has 154 valence electrons. The van der Waals surface area contributed by atoms with E-state index < -0.39 is 29.6 Å². The molecule has 0 aliphatic carbocycles. The normalized spacial score (nSPS) is 18.1. The fourth-order valence-electron chi connectivity index (χ4n) is 4.24. The summed E-state index contributed by atoms with van der Waals surface area (Å²) in [5.41, 5.74) is 3.33. The van der Waals surface area contributed by atoms with Gasteiger partial charge in [0.05, 0.1) is 12.0 Å². The molecule has 3 aromatic rings. The van der Waals surface area contributed by atoms with Gasteiger partial charge in [-0.25, -0.2) is 8.78 Å². The van der Waals surface area contributed by atoms with Gasteiger partial charge in [0.15, 0.2) is 0 Å². The third-order valence-electron chi connectivity index (χ3n) is 5.76. The zero-order valence-electron chi connectivity index (χ0n) is 16.5. The van der Waals surface area contributed by atoms with Gasteiger partial charge < -0.3 is 5.11 Å². The van der Waals surface area contributed by atoms with E-state index in [0.29, 0.717) is 25.1 Å². The lowest BCUT2D eigenvalue weighted by atomic mass is 9.90. The van der Waals surface area contributed by atoms with Crippen LogP contribution >= 0.6 is 0 Å². The second kappa shape index (κ2) is 8.76. The van der Waals surface area contributed by atoms with Crippen LogP contribution in [-0.4, -0.2) is 29.1 Å². The lowest BCUT2D eigenvalue weighted by Gasteiger charge is -2.37. The van der Waals surface area contributed by atoms with Crippen molar-refractivity contribution in [2.24, 2.45) is 5.92 Å². The number of hydrogen-bond acceptors (Lipinski definition) is 2. The van der Waals surface area contributed by atoms with Gasteiger partial charge in [-0.1, -0.05) is 60.7 Å². The zero-order valence-corrected chi connectivity index (χ0v) is 16.5. The first-order chi connectivity index (χ1) is 14.5. The van der Waals surface area contributed by atoms with Gasteiger partial charge >= 0.3 is 5.97 Å². The molecule has 2 atom stereocenters. The second-order valence-corrected chi connectivity index (χ2v) is 7.73. The Balaban J connectivity index is 1.72. The van der Waals surface area contributed by atoms with Crippen molar-refractivity contribution in [1.82, 2.24) is 4.90 Å². The third kappa shape index (κ3) is 4.26.